The molecular weight excluding hydrogens is 559 g/mol. The first-order valence-corrected chi connectivity index (χ1v) is 15.7. The molecule has 8 nitrogen and oxygen atoms in total. The number of carbonyl (C=O) groups excluding carboxylic acids is 1. The molecule has 4 heterocycles. The number of thiazole rings is 1. The molecule has 2 aliphatic heterocycles. The maximum absolute atomic E-state index is 14.4. The van der Waals surface area contributed by atoms with Crippen LogP contribution in [0.25, 0.3) is 10.2 Å². The Morgan fingerprint density at radius 3 is 2.57 bits per heavy atom. The minimum absolute atomic E-state index is 0.0855. The molecule has 3 aromatic rings. The van der Waals surface area contributed by atoms with E-state index in [-0.39, 0.29) is 34.6 Å². The van der Waals surface area contributed by atoms with Gasteiger partial charge < -0.3 is 4.74 Å². The minimum atomic E-state index is -3.64. The molecule has 200 valence electrons. The second kappa shape index (κ2) is 11.6. The molecule has 1 aromatic carbocycles. The van der Waals surface area contributed by atoms with E-state index in [1.807, 2.05) is 0 Å². The molecule has 1 amide bonds. The third-order valence-corrected chi connectivity index (χ3v) is 11.4. The van der Waals surface area contributed by atoms with Crippen LogP contribution < -0.4 is 4.90 Å². The molecule has 0 saturated carbocycles. The Bertz CT molecular complexity index is 1350. The summed E-state index contributed by atoms with van der Waals surface area (Å²) in [7, 11) is -3.64. The summed E-state index contributed by atoms with van der Waals surface area (Å²) in [5.41, 5.74) is 0.268. The van der Waals surface area contributed by atoms with E-state index < -0.39 is 15.8 Å². The van der Waals surface area contributed by atoms with Crippen LogP contribution in [0.2, 0.25) is 4.34 Å². The number of nitrogens with zero attached hydrogens (tertiary/aromatic N) is 4. The van der Waals surface area contributed by atoms with Crippen molar-refractivity contribution < 1.29 is 22.3 Å². The normalized spacial score (nSPS) is 18.4. The first kappa shape index (κ1) is 26.9. The summed E-state index contributed by atoms with van der Waals surface area (Å²) in [4.78, 5) is 22.2. The fourth-order valence-electron chi connectivity index (χ4n) is 4.72. The average Bonchev–Trinajstić information content (AvgIpc) is 3.55. The van der Waals surface area contributed by atoms with Gasteiger partial charge in [0.15, 0.2) is 5.13 Å². The fraction of sp³-hybridized carbons (Fsp3) is 0.500. The second-order valence-electron chi connectivity index (χ2n) is 9.12. The third-order valence-electron chi connectivity index (χ3n) is 6.76. The van der Waals surface area contributed by atoms with Crippen LogP contribution >= 0.6 is 34.3 Å². The zero-order valence-electron chi connectivity index (χ0n) is 20.1. The number of amides is 1. The van der Waals surface area contributed by atoms with E-state index in [4.69, 9.17) is 16.3 Å². The molecule has 5 rings (SSSR count). The number of fused-ring (bicyclic) bond motifs is 1. The summed E-state index contributed by atoms with van der Waals surface area (Å²) in [6, 6.07) is 7.90. The number of aromatic nitrogens is 1. The number of sulfonamides is 1. The smallest absolute Gasteiger partial charge is 0.252 e. The van der Waals surface area contributed by atoms with Crippen LogP contribution in [0, 0.1) is 11.7 Å². The zero-order chi connectivity index (χ0) is 26.0. The van der Waals surface area contributed by atoms with Crippen molar-refractivity contribution in [1.82, 2.24) is 14.2 Å². The molecule has 37 heavy (non-hydrogen) atoms. The van der Waals surface area contributed by atoms with Crippen LogP contribution in [-0.4, -0.2) is 81.0 Å². The van der Waals surface area contributed by atoms with Crippen molar-refractivity contribution in [3.63, 3.8) is 0 Å². The Kier molecular flexibility index (Phi) is 8.44. The zero-order valence-corrected chi connectivity index (χ0v) is 23.4. The molecule has 0 aliphatic carbocycles. The van der Waals surface area contributed by atoms with Crippen molar-refractivity contribution in [2.45, 2.75) is 23.5 Å². The van der Waals surface area contributed by atoms with Crippen LogP contribution in [0.1, 0.15) is 19.3 Å². The van der Waals surface area contributed by atoms with Crippen LogP contribution in [-0.2, 0) is 19.6 Å². The number of halogens is 2. The van der Waals surface area contributed by atoms with Crippen LogP contribution in [0.15, 0.2) is 34.5 Å². The van der Waals surface area contributed by atoms with E-state index in [1.54, 1.807) is 23.1 Å². The summed E-state index contributed by atoms with van der Waals surface area (Å²) in [5.74, 6) is -0.829. The number of hydrogen-bond donors (Lipinski definition) is 0. The Morgan fingerprint density at radius 2 is 1.89 bits per heavy atom. The van der Waals surface area contributed by atoms with Gasteiger partial charge in [-0.2, -0.15) is 4.31 Å². The Hall–Kier alpha value is -1.67. The van der Waals surface area contributed by atoms with Crippen LogP contribution in [0.3, 0.4) is 0 Å². The lowest BCUT2D eigenvalue weighted by molar-refractivity contribution is -0.123. The van der Waals surface area contributed by atoms with Crippen molar-refractivity contribution in [3.05, 3.63) is 40.5 Å². The van der Waals surface area contributed by atoms with Crippen molar-refractivity contribution in [1.29, 1.82) is 0 Å². The molecule has 0 atom stereocenters. The van der Waals surface area contributed by atoms with Gasteiger partial charge in [0.1, 0.15) is 15.5 Å². The monoisotopic (exact) mass is 586 g/mol. The van der Waals surface area contributed by atoms with Gasteiger partial charge in [-0.3, -0.25) is 14.6 Å². The summed E-state index contributed by atoms with van der Waals surface area (Å²) >= 11 is 8.28. The summed E-state index contributed by atoms with van der Waals surface area (Å²) in [6.07, 6.45) is 1.57. The Balaban J connectivity index is 1.30. The Morgan fingerprint density at radius 1 is 1.14 bits per heavy atom. The van der Waals surface area contributed by atoms with Crippen LogP contribution in [0.5, 0.6) is 0 Å². The second-order valence-corrected chi connectivity index (χ2v) is 14.0. The highest BCUT2D eigenvalue weighted by Crippen LogP contribution is 2.34. The largest absolute Gasteiger partial charge is 0.379 e. The van der Waals surface area contributed by atoms with E-state index >= 15 is 0 Å². The number of anilines is 1. The molecule has 0 unspecified atom stereocenters. The van der Waals surface area contributed by atoms with Gasteiger partial charge in [0.05, 0.1) is 22.3 Å². The van der Waals surface area contributed by atoms with E-state index in [2.05, 4.69) is 9.88 Å². The number of hydrogen-bond acceptors (Lipinski definition) is 8. The standard InChI is InChI=1S/C24H28ClFN4O4S3/c25-20-5-6-21(36-20)37(32,33)29-11-7-17(8-12-29)23(31)30(10-2-9-28-13-15-34-16-14-28)24-27-22-18(26)3-1-4-19(22)35-24/h1,3-6,17H,2,7-16H2. The molecule has 2 fully saturated rings. The van der Waals surface area contributed by atoms with Crippen molar-refractivity contribution >= 4 is 65.6 Å². The highest BCUT2D eigenvalue weighted by atomic mass is 35.5. The third kappa shape index (κ3) is 6.00. The molecule has 2 saturated heterocycles. The number of ether oxygens (including phenoxy) is 1. The van der Waals surface area contributed by atoms with E-state index in [0.717, 1.165) is 37.4 Å². The van der Waals surface area contributed by atoms with E-state index in [0.29, 0.717) is 46.8 Å². The number of para-hydroxylation sites is 1. The highest BCUT2D eigenvalue weighted by Gasteiger charge is 2.35. The van der Waals surface area contributed by atoms with Gasteiger partial charge in [0.2, 0.25) is 5.91 Å². The fourth-order valence-corrected chi connectivity index (χ4v) is 8.84. The molecule has 0 N–H and O–H groups in total. The van der Waals surface area contributed by atoms with Gasteiger partial charge in [-0.25, -0.2) is 17.8 Å². The first-order valence-electron chi connectivity index (χ1n) is 12.2. The number of carbonyl (C=O) groups is 1. The van der Waals surface area contributed by atoms with Crippen LogP contribution in [0.4, 0.5) is 9.52 Å². The van der Waals surface area contributed by atoms with Gasteiger partial charge in [-0.15, -0.1) is 11.3 Å². The molecule has 0 spiro atoms. The van der Waals surface area contributed by atoms with Crippen molar-refractivity contribution in [3.8, 4) is 0 Å². The lowest BCUT2D eigenvalue weighted by Crippen LogP contribution is -2.45. The molecular formula is C24H28ClFN4O4S3. The molecule has 0 bridgehead atoms. The van der Waals surface area contributed by atoms with Gasteiger partial charge in [0.25, 0.3) is 10.0 Å². The lowest BCUT2D eigenvalue weighted by atomic mass is 9.96. The molecule has 2 aliphatic rings. The van der Waals surface area contributed by atoms with Gasteiger partial charge >= 0.3 is 0 Å². The number of thiophene rings is 1. The molecule has 2 aromatic heterocycles. The number of morpholine rings is 1. The van der Waals surface area contributed by atoms with Gasteiger partial charge in [-0.1, -0.05) is 29.0 Å². The predicted octanol–water partition coefficient (Wildman–Crippen LogP) is 4.31. The van der Waals surface area contributed by atoms with Gasteiger partial charge in [-0.05, 0) is 43.5 Å². The maximum Gasteiger partial charge on any atom is 0.252 e. The maximum atomic E-state index is 14.4. The first-order chi connectivity index (χ1) is 17.8. The van der Waals surface area contributed by atoms with Crippen molar-refractivity contribution in [2.75, 3.05) is 57.4 Å². The SMILES string of the molecule is O=C(C1CCN(S(=O)(=O)c2ccc(Cl)s2)CC1)N(CCCN1CCOCC1)c1nc2c(F)cccc2s1. The Labute approximate surface area is 228 Å². The number of rotatable bonds is 8. The number of piperidine rings is 1. The van der Waals surface area contributed by atoms with Crippen molar-refractivity contribution in [2.24, 2.45) is 5.92 Å². The summed E-state index contributed by atoms with van der Waals surface area (Å²) < 4.78 is 48.5. The van der Waals surface area contributed by atoms with E-state index in [1.165, 1.54) is 27.8 Å². The molecule has 0 radical (unpaired) electrons. The molecule has 13 heteroatoms. The highest BCUT2D eigenvalue weighted by molar-refractivity contribution is 7.91. The topological polar surface area (TPSA) is 83.1 Å². The number of benzene rings is 1. The summed E-state index contributed by atoms with van der Waals surface area (Å²) in [6.45, 7) is 4.94. The quantitative estimate of drug-likeness (QED) is 0.391. The average molecular weight is 587 g/mol. The minimum Gasteiger partial charge on any atom is -0.379 e. The van der Waals surface area contributed by atoms with Gasteiger partial charge in [0, 0.05) is 45.2 Å². The lowest BCUT2D eigenvalue weighted by Gasteiger charge is -2.33. The van der Waals surface area contributed by atoms with E-state index in [9.17, 15) is 17.6 Å². The predicted molar refractivity (Wildman–Crippen MR) is 145 cm³/mol. The summed E-state index contributed by atoms with van der Waals surface area (Å²) in [5, 5.41) is 0.482.